The van der Waals surface area contributed by atoms with Crippen LogP contribution in [0.5, 0.6) is 11.5 Å². The number of aliphatic hydroxyl groups excluding tert-OH is 1. The van der Waals surface area contributed by atoms with Crippen LogP contribution >= 0.6 is 22.9 Å². The van der Waals surface area contributed by atoms with Crippen LogP contribution in [-0.2, 0) is 14.3 Å². The van der Waals surface area contributed by atoms with E-state index < -0.39 is 23.7 Å². The maximum Gasteiger partial charge on any atom is 0.350 e. The van der Waals surface area contributed by atoms with Crippen molar-refractivity contribution in [1.29, 1.82) is 0 Å². The maximum atomic E-state index is 13.5. The number of aryl methyl sites for hydroxylation is 1. The summed E-state index contributed by atoms with van der Waals surface area (Å²) < 4.78 is 10.8. The number of amides is 1. The van der Waals surface area contributed by atoms with Crippen LogP contribution in [0.3, 0.4) is 0 Å². The molecule has 0 aliphatic carbocycles. The summed E-state index contributed by atoms with van der Waals surface area (Å²) in [6.45, 7) is 1.61. The Morgan fingerprint density at radius 2 is 1.69 bits per heavy atom. The number of carbonyl (C=O) groups is 3. The number of hydrogen-bond donors (Lipinski definition) is 1. The van der Waals surface area contributed by atoms with E-state index in [-0.39, 0.29) is 21.3 Å². The molecular weight excluding hydrogens is 540 g/mol. The molecule has 39 heavy (non-hydrogen) atoms. The Morgan fingerprint density at radius 3 is 2.38 bits per heavy atom. The van der Waals surface area contributed by atoms with Gasteiger partial charge in [0.1, 0.15) is 22.1 Å². The Balaban J connectivity index is 1.67. The molecule has 10 heteroatoms. The summed E-state index contributed by atoms with van der Waals surface area (Å²) in [5.74, 6) is -1.70. The van der Waals surface area contributed by atoms with Crippen LogP contribution < -0.4 is 9.64 Å². The highest BCUT2D eigenvalue weighted by molar-refractivity contribution is 7.17. The number of aliphatic hydroxyl groups is 1. The van der Waals surface area contributed by atoms with E-state index in [0.29, 0.717) is 33.3 Å². The van der Waals surface area contributed by atoms with E-state index in [1.54, 1.807) is 67.6 Å². The largest absolute Gasteiger partial charge is 0.507 e. The Kier molecular flexibility index (Phi) is 7.19. The van der Waals surface area contributed by atoms with Gasteiger partial charge in [0.25, 0.3) is 5.78 Å². The van der Waals surface area contributed by atoms with Gasteiger partial charge >= 0.3 is 11.9 Å². The summed E-state index contributed by atoms with van der Waals surface area (Å²) in [6.07, 6.45) is 0. The van der Waals surface area contributed by atoms with Crippen LogP contribution in [0.2, 0.25) is 5.02 Å². The first-order valence-corrected chi connectivity index (χ1v) is 12.9. The van der Waals surface area contributed by atoms with Gasteiger partial charge in [-0.25, -0.2) is 9.78 Å². The third-order valence-electron chi connectivity index (χ3n) is 6.08. The predicted octanol–water partition coefficient (Wildman–Crippen LogP) is 6.31. The first kappa shape index (κ1) is 26.1. The van der Waals surface area contributed by atoms with Crippen molar-refractivity contribution in [3.63, 3.8) is 0 Å². The molecule has 1 atom stereocenters. The average Bonchev–Trinajstić information content (AvgIpc) is 3.45. The van der Waals surface area contributed by atoms with Crippen LogP contribution in [0, 0.1) is 6.92 Å². The number of carbonyl (C=O) groups excluding carboxylic acids is 3. The number of ketones is 1. The fourth-order valence-corrected chi connectivity index (χ4v) is 5.39. The summed E-state index contributed by atoms with van der Waals surface area (Å²) in [5.41, 5.74) is 1.02. The lowest BCUT2D eigenvalue weighted by molar-refractivity contribution is -0.132. The lowest BCUT2D eigenvalue weighted by atomic mass is 9.95. The number of anilines is 1. The maximum absolute atomic E-state index is 13.5. The molecule has 1 amide bonds. The minimum Gasteiger partial charge on any atom is -0.507 e. The smallest absolute Gasteiger partial charge is 0.350 e. The van der Waals surface area contributed by atoms with Gasteiger partial charge in [0, 0.05) is 10.6 Å². The Labute approximate surface area is 232 Å². The second kappa shape index (κ2) is 10.7. The van der Waals surface area contributed by atoms with E-state index in [1.165, 1.54) is 12.0 Å². The topological polar surface area (TPSA) is 106 Å². The summed E-state index contributed by atoms with van der Waals surface area (Å²) in [7, 11) is 1.25. The molecule has 1 fully saturated rings. The van der Waals surface area contributed by atoms with Gasteiger partial charge in [-0.15, -0.1) is 0 Å². The van der Waals surface area contributed by atoms with E-state index in [2.05, 4.69) is 4.98 Å². The van der Waals surface area contributed by atoms with Crippen LogP contribution in [0.25, 0.3) is 5.76 Å². The SMILES string of the molecule is COC(=O)c1sc(N2C(=O)C(=O)/C(=C(/O)c3ccc(Cl)cc3)C2c2cccc(Oc3ccccc3)c2)nc1C. The first-order chi connectivity index (χ1) is 18.8. The van der Waals surface area contributed by atoms with Crippen molar-refractivity contribution in [3.05, 3.63) is 111 Å². The van der Waals surface area contributed by atoms with Crippen molar-refractivity contribution in [1.82, 2.24) is 4.98 Å². The number of para-hydroxylation sites is 1. The highest BCUT2D eigenvalue weighted by Crippen LogP contribution is 2.44. The van der Waals surface area contributed by atoms with Crippen molar-refractivity contribution in [2.24, 2.45) is 0 Å². The van der Waals surface area contributed by atoms with Gasteiger partial charge in [-0.05, 0) is 61.0 Å². The van der Waals surface area contributed by atoms with E-state index >= 15 is 0 Å². The number of rotatable bonds is 6. The quantitative estimate of drug-likeness (QED) is 0.127. The zero-order chi connectivity index (χ0) is 27.7. The fraction of sp³-hybridized carbons (Fsp3) is 0.103. The van der Waals surface area contributed by atoms with Gasteiger partial charge in [-0.2, -0.15) is 0 Å². The molecule has 1 N–H and O–H groups in total. The number of nitrogens with zero attached hydrogens (tertiary/aromatic N) is 2. The third-order valence-corrected chi connectivity index (χ3v) is 7.47. The number of thiazole rings is 1. The monoisotopic (exact) mass is 560 g/mol. The van der Waals surface area contributed by atoms with Crippen LogP contribution in [0.15, 0.2) is 84.4 Å². The van der Waals surface area contributed by atoms with Crippen molar-refractivity contribution in [3.8, 4) is 11.5 Å². The van der Waals surface area contributed by atoms with Crippen LogP contribution in [-0.4, -0.2) is 34.9 Å². The van der Waals surface area contributed by atoms with Crippen LogP contribution in [0.4, 0.5) is 5.13 Å². The molecule has 0 saturated carbocycles. The molecule has 1 unspecified atom stereocenters. The molecule has 0 bridgehead atoms. The number of ether oxygens (including phenoxy) is 2. The highest BCUT2D eigenvalue weighted by atomic mass is 35.5. The van der Waals surface area contributed by atoms with E-state index in [0.717, 1.165) is 11.3 Å². The molecule has 2 heterocycles. The molecular formula is C29H21ClN2O6S. The summed E-state index contributed by atoms with van der Waals surface area (Å²) in [5, 5.41) is 11.9. The standard InChI is InChI=1S/C29H21ClN2O6S/c1-16-26(28(36)37-2)39-29(31-16)32-23(18-7-6-10-21(15-18)38-20-8-4-3-5-9-20)22(25(34)27(32)35)24(33)17-11-13-19(30)14-12-17/h3-15,23,33H,1-2H3/b24-22+. The molecule has 1 saturated heterocycles. The number of hydrogen-bond acceptors (Lipinski definition) is 8. The molecule has 1 aromatic heterocycles. The second-order valence-electron chi connectivity index (χ2n) is 8.57. The summed E-state index contributed by atoms with van der Waals surface area (Å²) in [6, 6.07) is 21.2. The molecule has 1 aliphatic rings. The molecule has 4 aromatic rings. The Morgan fingerprint density at radius 1 is 1.00 bits per heavy atom. The minimum atomic E-state index is -1.06. The number of halogens is 1. The van der Waals surface area contributed by atoms with Gasteiger partial charge in [0.2, 0.25) is 0 Å². The molecule has 0 spiro atoms. The fourth-order valence-electron chi connectivity index (χ4n) is 4.25. The van der Waals surface area contributed by atoms with Gasteiger partial charge < -0.3 is 14.6 Å². The number of methoxy groups -OCH3 is 1. The number of esters is 1. The van der Waals surface area contributed by atoms with Crippen molar-refractivity contribution in [2.75, 3.05) is 12.0 Å². The molecule has 3 aromatic carbocycles. The zero-order valence-corrected chi connectivity index (χ0v) is 22.3. The molecule has 1 aliphatic heterocycles. The Bertz CT molecular complexity index is 1610. The Hall–Kier alpha value is -4.47. The van der Waals surface area contributed by atoms with Crippen molar-refractivity contribution < 1.29 is 29.0 Å². The predicted molar refractivity (Wildman–Crippen MR) is 147 cm³/mol. The minimum absolute atomic E-state index is 0.115. The highest BCUT2D eigenvalue weighted by Gasteiger charge is 2.48. The molecule has 5 rings (SSSR count). The third kappa shape index (κ3) is 5.01. The van der Waals surface area contributed by atoms with Crippen LogP contribution in [0.1, 0.15) is 32.5 Å². The summed E-state index contributed by atoms with van der Waals surface area (Å²) >= 11 is 6.93. The second-order valence-corrected chi connectivity index (χ2v) is 9.98. The number of Topliss-reactive ketones (excluding diaryl/α,β-unsaturated/α-hetero) is 1. The van der Waals surface area contributed by atoms with E-state index in [9.17, 15) is 19.5 Å². The van der Waals surface area contributed by atoms with Gasteiger partial charge in [0.15, 0.2) is 5.13 Å². The number of aromatic nitrogens is 1. The van der Waals surface area contributed by atoms with E-state index in [1.807, 2.05) is 18.2 Å². The van der Waals surface area contributed by atoms with Crippen molar-refractivity contribution in [2.45, 2.75) is 13.0 Å². The lowest BCUT2D eigenvalue weighted by Gasteiger charge is -2.23. The first-order valence-electron chi connectivity index (χ1n) is 11.7. The number of benzene rings is 3. The molecule has 0 radical (unpaired) electrons. The normalized spacial score (nSPS) is 16.4. The van der Waals surface area contributed by atoms with Gasteiger partial charge in [-0.3, -0.25) is 14.5 Å². The molecule has 196 valence electrons. The van der Waals surface area contributed by atoms with Gasteiger partial charge in [-0.1, -0.05) is 53.3 Å². The zero-order valence-electron chi connectivity index (χ0n) is 20.8. The van der Waals surface area contributed by atoms with E-state index in [4.69, 9.17) is 21.1 Å². The van der Waals surface area contributed by atoms with Gasteiger partial charge in [0.05, 0.1) is 24.4 Å². The lowest BCUT2D eigenvalue weighted by Crippen LogP contribution is -2.29. The average molecular weight is 561 g/mol. The summed E-state index contributed by atoms with van der Waals surface area (Å²) in [4.78, 5) is 44.9. The molecule has 8 nitrogen and oxygen atoms in total. The van der Waals surface area contributed by atoms with Crippen molar-refractivity contribution >= 4 is 51.5 Å².